The molecular weight excluding hydrogens is 323 g/mol. The maximum atomic E-state index is 14.0. The van der Waals surface area contributed by atoms with Crippen LogP contribution in [0, 0.1) is 5.82 Å². The molecule has 2 amide bonds. The normalized spacial score (nSPS) is 10.7. The number of fused-ring (bicyclic) bond motifs is 1. The van der Waals surface area contributed by atoms with Gasteiger partial charge in [-0.05, 0) is 37.3 Å². The number of nitrogens with one attached hydrogen (secondary N) is 2. The van der Waals surface area contributed by atoms with E-state index in [1.807, 2.05) is 35.8 Å². The van der Waals surface area contributed by atoms with Gasteiger partial charge >= 0.3 is 0 Å². The average Bonchev–Trinajstić information content (AvgIpc) is 2.93. The number of hydrogen-bond acceptors (Lipinski definition) is 3. The number of anilines is 2. The van der Waals surface area contributed by atoms with Crippen LogP contribution in [0.2, 0.25) is 0 Å². The standard InChI is InChI=1S/C18H17FN4O2/c1-3-23-16-7-5-4-6-15(16)21-18(23)22-17(25)13-10-12(20-11(2)24)8-9-14(13)19/h4-10H,3H2,1-2H3,(H,20,24)(H,21,22,25). The van der Waals surface area contributed by atoms with E-state index in [0.717, 1.165) is 17.1 Å². The lowest BCUT2D eigenvalue weighted by molar-refractivity contribution is -0.114. The molecular formula is C18H17FN4O2. The largest absolute Gasteiger partial charge is 0.326 e. The van der Waals surface area contributed by atoms with Crippen molar-refractivity contribution in [3.63, 3.8) is 0 Å². The fourth-order valence-electron chi connectivity index (χ4n) is 2.64. The number of para-hydroxylation sites is 2. The van der Waals surface area contributed by atoms with E-state index >= 15 is 0 Å². The number of aryl methyl sites for hydroxylation is 1. The molecule has 6 nitrogen and oxygen atoms in total. The van der Waals surface area contributed by atoms with Crippen molar-refractivity contribution < 1.29 is 14.0 Å². The summed E-state index contributed by atoms with van der Waals surface area (Å²) in [4.78, 5) is 28.0. The molecule has 1 heterocycles. The zero-order chi connectivity index (χ0) is 18.0. The van der Waals surface area contributed by atoms with Gasteiger partial charge in [-0.2, -0.15) is 0 Å². The van der Waals surface area contributed by atoms with Gasteiger partial charge in [-0.3, -0.25) is 14.9 Å². The molecule has 0 radical (unpaired) electrons. The van der Waals surface area contributed by atoms with Gasteiger partial charge in [0.05, 0.1) is 16.6 Å². The highest BCUT2D eigenvalue weighted by Gasteiger charge is 2.17. The van der Waals surface area contributed by atoms with Gasteiger partial charge in [-0.25, -0.2) is 9.37 Å². The first-order valence-electron chi connectivity index (χ1n) is 7.83. The molecule has 1 aromatic heterocycles. The number of halogens is 1. The maximum absolute atomic E-state index is 14.0. The molecule has 0 aliphatic carbocycles. The van der Waals surface area contributed by atoms with Crippen molar-refractivity contribution in [3.05, 3.63) is 53.8 Å². The first kappa shape index (κ1) is 16.6. The van der Waals surface area contributed by atoms with Crippen molar-refractivity contribution in [2.45, 2.75) is 20.4 Å². The van der Waals surface area contributed by atoms with Gasteiger partial charge in [0.2, 0.25) is 11.9 Å². The summed E-state index contributed by atoms with van der Waals surface area (Å²) >= 11 is 0. The predicted molar refractivity (Wildman–Crippen MR) is 94.1 cm³/mol. The van der Waals surface area contributed by atoms with Crippen molar-refractivity contribution in [1.82, 2.24) is 9.55 Å². The van der Waals surface area contributed by atoms with Crippen LogP contribution < -0.4 is 10.6 Å². The Morgan fingerprint density at radius 2 is 1.92 bits per heavy atom. The smallest absolute Gasteiger partial charge is 0.261 e. The number of nitrogens with zero attached hydrogens (tertiary/aromatic N) is 2. The third-order valence-corrected chi connectivity index (χ3v) is 3.73. The van der Waals surface area contributed by atoms with E-state index in [1.165, 1.54) is 19.1 Å². The molecule has 2 aromatic carbocycles. The second-order valence-electron chi connectivity index (χ2n) is 5.50. The summed E-state index contributed by atoms with van der Waals surface area (Å²) in [6.07, 6.45) is 0. The third-order valence-electron chi connectivity index (χ3n) is 3.73. The van der Waals surface area contributed by atoms with E-state index in [0.29, 0.717) is 18.2 Å². The van der Waals surface area contributed by atoms with Crippen LogP contribution >= 0.6 is 0 Å². The molecule has 0 spiro atoms. The molecule has 0 bridgehead atoms. The topological polar surface area (TPSA) is 76.0 Å². The number of carbonyl (C=O) groups excluding carboxylic acids is 2. The van der Waals surface area contributed by atoms with Gasteiger partial charge < -0.3 is 9.88 Å². The predicted octanol–water partition coefficient (Wildman–Crippen LogP) is 3.41. The van der Waals surface area contributed by atoms with Gasteiger partial charge in [-0.1, -0.05) is 12.1 Å². The molecule has 2 N–H and O–H groups in total. The van der Waals surface area contributed by atoms with Crippen LogP contribution in [-0.2, 0) is 11.3 Å². The van der Waals surface area contributed by atoms with E-state index < -0.39 is 11.7 Å². The van der Waals surface area contributed by atoms with Crippen LogP contribution in [0.5, 0.6) is 0 Å². The Morgan fingerprint density at radius 3 is 2.64 bits per heavy atom. The Hall–Kier alpha value is -3.22. The zero-order valence-electron chi connectivity index (χ0n) is 13.8. The summed E-state index contributed by atoms with van der Waals surface area (Å²) in [5, 5.41) is 5.18. The van der Waals surface area contributed by atoms with Crippen LogP contribution in [0.1, 0.15) is 24.2 Å². The molecule has 3 aromatic rings. The first-order chi connectivity index (χ1) is 12.0. The highest BCUT2D eigenvalue weighted by molar-refractivity contribution is 6.05. The van der Waals surface area contributed by atoms with Crippen LogP contribution in [-0.4, -0.2) is 21.4 Å². The lowest BCUT2D eigenvalue weighted by Crippen LogP contribution is -2.18. The Balaban J connectivity index is 1.94. The number of carbonyl (C=O) groups is 2. The molecule has 7 heteroatoms. The van der Waals surface area contributed by atoms with E-state index in [1.54, 1.807) is 0 Å². The summed E-state index contributed by atoms with van der Waals surface area (Å²) in [6.45, 7) is 3.87. The summed E-state index contributed by atoms with van der Waals surface area (Å²) in [7, 11) is 0. The number of imidazole rings is 1. The van der Waals surface area contributed by atoms with Gasteiger partial charge in [0.15, 0.2) is 0 Å². The monoisotopic (exact) mass is 340 g/mol. The fourth-order valence-corrected chi connectivity index (χ4v) is 2.64. The summed E-state index contributed by atoms with van der Waals surface area (Å²) in [5.74, 6) is -1.26. The average molecular weight is 340 g/mol. The van der Waals surface area contributed by atoms with Crippen molar-refractivity contribution in [3.8, 4) is 0 Å². The van der Waals surface area contributed by atoms with E-state index in [4.69, 9.17) is 0 Å². The minimum atomic E-state index is -0.675. The molecule has 0 fully saturated rings. The molecule has 0 atom stereocenters. The quantitative estimate of drug-likeness (QED) is 0.764. The van der Waals surface area contributed by atoms with Crippen molar-refractivity contribution in [2.24, 2.45) is 0 Å². The van der Waals surface area contributed by atoms with Crippen LogP contribution in [0.15, 0.2) is 42.5 Å². The minimum Gasteiger partial charge on any atom is -0.326 e. The Morgan fingerprint density at radius 1 is 1.16 bits per heavy atom. The number of aromatic nitrogens is 2. The summed E-state index contributed by atoms with van der Waals surface area (Å²) in [6, 6.07) is 11.3. The number of benzene rings is 2. The van der Waals surface area contributed by atoms with Crippen molar-refractivity contribution >= 4 is 34.5 Å². The zero-order valence-corrected chi connectivity index (χ0v) is 13.8. The van der Waals surface area contributed by atoms with Gasteiger partial charge in [0.25, 0.3) is 5.91 Å². The highest BCUT2D eigenvalue weighted by atomic mass is 19.1. The number of rotatable bonds is 4. The van der Waals surface area contributed by atoms with Crippen LogP contribution in [0.25, 0.3) is 11.0 Å². The van der Waals surface area contributed by atoms with Crippen LogP contribution in [0.3, 0.4) is 0 Å². The Kier molecular flexibility index (Phi) is 4.47. The van der Waals surface area contributed by atoms with E-state index in [-0.39, 0.29) is 11.5 Å². The molecule has 0 saturated carbocycles. The van der Waals surface area contributed by atoms with E-state index in [2.05, 4.69) is 15.6 Å². The molecule has 0 saturated heterocycles. The van der Waals surface area contributed by atoms with Gasteiger partial charge in [0, 0.05) is 19.2 Å². The van der Waals surface area contributed by atoms with Gasteiger partial charge in [0.1, 0.15) is 5.82 Å². The Labute approximate surface area is 143 Å². The summed E-state index contributed by atoms with van der Waals surface area (Å²) < 4.78 is 15.9. The maximum Gasteiger partial charge on any atom is 0.261 e. The molecule has 128 valence electrons. The van der Waals surface area contributed by atoms with E-state index in [9.17, 15) is 14.0 Å². The minimum absolute atomic E-state index is 0.166. The number of amides is 2. The summed E-state index contributed by atoms with van der Waals surface area (Å²) in [5.41, 5.74) is 1.81. The molecule has 25 heavy (non-hydrogen) atoms. The Bertz CT molecular complexity index is 965. The third kappa shape index (κ3) is 3.35. The lowest BCUT2D eigenvalue weighted by atomic mass is 10.1. The second kappa shape index (κ2) is 6.72. The molecule has 0 aliphatic heterocycles. The first-order valence-corrected chi connectivity index (χ1v) is 7.83. The molecule has 0 aliphatic rings. The lowest BCUT2D eigenvalue weighted by Gasteiger charge is -2.09. The van der Waals surface area contributed by atoms with Crippen molar-refractivity contribution in [1.29, 1.82) is 0 Å². The van der Waals surface area contributed by atoms with Crippen molar-refractivity contribution in [2.75, 3.05) is 10.6 Å². The fraction of sp³-hybridized carbons (Fsp3) is 0.167. The number of hydrogen-bond donors (Lipinski definition) is 2. The SMILES string of the molecule is CCn1c(NC(=O)c2cc(NC(C)=O)ccc2F)nc2ccccc21. The second-order valence-corrected chi connectivity index (χ2v) is 5.50. The highest BCUT2D eigenvalue weighted by Crippen LogP contribution is 2.21. The van der Waals surface area contributed by atoms with Gasteiger partial charge in [-0.15, -0.1) is 0 Å². The van der Waals surface area contributed by atoms with Crippen LogP contribution in [0.4, 0.5) is 16.0 Å². The molecule has 0 unspecified atom stereocenters. The molecule has 3 rings (SSSR count).